The number of aromatic nitrogens is 2. The first-order valence-electron chi connectivity index (χ1n) is 8.65. The maximum Gasteiger partial charge on any atom is 0.252 e. The maximum absolute atomic E-state index is 12.8. The highest BCUT2D eigenvalue weighted by Crippen LogP contribution is 2.35. The Morgan fingerprint density at radius 1 is 1.20 bits per heavy atom. The van der Waals surface area contributed by atoms with Crippen molar-refractivity contribution < 1.29 is 12.9 Å². The van der Waals surface area contributed by atoms with Gasteiger partial charge in [0.1, 0.15) is 4.21 Å². The molecule has 0 aromatic carbocycles. The molecule has 0 bridgehead atoms. The highest BCUT2D eigenvalue weighted by molar-refractivity contribution is 7.91. The first kappa shape index (κ1) is 17.1. The van der Waals surface area contributed by atoms with Crippen molar-refractivity contribution in [1.82, 2.24) is 19.3 Å². The van der Waals surface area contributed by atoms with Crippen molar-refractivity contribution in [3.63, 3.8) is 0 Å². The number of sulfonamides is 1. The fraction of sp³-hybridized carbons (Fsp3) is 0.625. The summed E-state index contributed by atoms with van der Waals surface area (Å²) in [4.78, 5) is 6.63. The van der Waals surface area contributed by atoms with Crippen LogP contribution in [0.5, 0.6) is 0 Å². The van der Waals surface area contributed by atoms with Gasteiger partial charge in [0.2, 0.25) is 11.7 Å². The summed E-state index contributed by atoms with van der Waals surface area (Å²) >= 11 is 1.22. The minimum atomic E-state index is -3.44. The van der Waals surface area contributed by atoms with Crippen LogP contribution in [0, 0.1) is 0 Å². The Balaban J connectivity index is 1.53. The van der Waals surface area contributed by atoms with Gasteiger partial charge in [-0.25, -0.2) is 8.42 Å². The molecule has 3 heterocycles. The minimum absolute atomic E-state index is 0.347. The van der Waals surface area contributed by atoms with Crippen molar-refractivity contribution >= 4 is 21.4 Å². The standard InChI is InChI=1S/C16H22N4O3S2/c1-19-6-8-20(9-7-19)25(21,22)14-10-13(11-24-14)15-17-16(23-18-15)12-4-2-3-5-12/h10-12H,2-9H2,1H3. The number of thiophene rings is 1. The summed E-state index contributed by atoms with van der Waals surface area (Å²) in [6.07, 6.45) is 4.59. The zero-order valence-corrected chi connectivity index (χ0v) is 15.9. The van der Waals surface area contributed by atoms with Gasteiger partial charge in [-0.2, -0.15) is 9.29 Å². The Hall–Kier alpha value is -1.29. The summed E-state index contributed by atoms with van der Waals surface area (Å²) < 4.78 is 32.9. The van der Waals surface area contributed by atoms with Gasteiger partial charge in [0.25, 0.3) is 10.0 Å². The van der Waals surface area contributed by atoms with E-state index in [1.165, 1.54) is 24.2 Å². The third-order valence-electron chi connectivity index (χ3n) is 5.04. The molecule has 0 N–H and O–H groups in total. The highest BCUT2D eigenvalue weighted by atomic mass is 32.2. The van der Waals surface area contributed by atoms with E-state index in [1.807, 2.05) is 7.05 Å². The van der Waals surface area contributed by atoms with Crippen molar-refractivity contribution in [1.29, 1.82) is 0 Å². The number of nitrogens with zero attached hydrogens (tertiary/aromatic N) is 4. The van der Waals surface area contributed by atoms with Crippen molar-refractivity contribution in [3.8, 4) is 11.4 Å². The molecule has 9 heteroatoms. The number of hydrogen-bond acceptors (Lipinski definition) is 7. The van der Waals surface area contributed by atoms with Crippen LogP contribution in [0.25, 0.3) is 11.4 Å². The van der Waals surface area contributed by atoms with Gasteiger partial charge in [-0.3, -0.25) is 0 Å². The largest absolute Gasteiger partial charge is 0.339 e. The molecule has 0 unspecified atom stereocenters. The molecule has 0 spiro atoms. The van der Waals surface area contributed by atoms with E-state index in [4.69, 9.17) is 4.52 Å². The molecule has 7 nitrogen and oxygen atoms in total. The number of rotatable bonds is 4. The summed E-state index contributed by atoms with van der Waals surface area (Å²) in [7, 11) is -1.44. The molecule has 136 valence electrons. The molecule has 4 rings (SSSR count). The van der Waals surface area contributed by atoms with Crippen LogP contribution in [0.1, 0.15) is 37.5 Å². The van der Waals surface area contributed by atoms with Crippen LogP contribution in [-0.2, 0) is 10.0 Å². The van der Waals surface area contributed by atoms with Crippen molar-refractivity contribution in [2.75, 3.05) is 33.2 Å². The van der Waals surface area contributed by atoms with E-state index in [0.717, 1.165) is 25.9 Å². The molecule has 2 fully saturated rings. The quantitative estimate of drug-likeness (QED) is 0.808. The summed E-state index contributed by atoms with van der Waals surface area (Å²) in [5, 5.41) is 5.85. The Labute approximate surface area is 151 Å². The number of piperazine rings is 1. The van der Waals surface area contributed by atoms with Gasteiger partial charge in [0, 0.05) is 43.0 Å². The molecule has 0 amide bonds. The molecule has 1 saturated heterocycles. The second-order valence-corrected chi connectivity index (χ2v) is 9.88. The van der Waals surface area contributed by atoms with Gasteiger partial charge in [-0.15, -0.1) is 11.3 Å². The molecular formula is C16H22N4O3S2. The molecule has 1 aliphatic carbocycles. The van der Waals surface area contributed by atoms with E-state index in [-0.39, 0.29) is 0 Å². The summed E-state index contributed by atoms with van der Waals surface area (Å²) in [6.45, 7) is 2.57. The SMILES string of the molecule is CN1CCN(S(=O)(=O)c2cc(-c3noc(C4CCCC4)n3)cs2)CC1. The van der Waals surface area contributed by atoms with E-state index in [2.05, 4.69) is 15.0 Å². The lowest BCUT2D eigenvalue weighted by molar-refractivity contribution is 0.222. The van der Waals surface area contributed by atoms with E-state index >= 15 is 0 Å². The van der Waals surface area contributed by atoms with E-state index in [1.54, 1.807) is 15.8 Å². The van der Waals surface area contributed by atoms with Gasteiger partial charge in [0.05, 0.1) is 0 Å². The predicted octanol–water partition coefficient (Wildman–Crippen LogP) is 2.39. The smallest absolute Gasteiger partial charge is 0.252 e. The van der Waals surface area contributed by atoms with Gasteiger partial charge < -0.3 is 9.42 Å². The second-order valence-electron chi connectivity index (χ2n) is 6.80. The third-order valence-corrected chi connectivity index (χ3v) is 8.35. The Morgan fingerprint density at radius 3 is 2.64 bits per heavy atom. The second kappa shape index (κ2) is 6.79. The van der Waals surface area contributed by atoms with Gasteiger partial charge >= 0.3 is 0 Å². The lowest BCUT2D eigenvalue weighted by Gasteiger charge is -2.31. The van der Waals surface area contributed by atoms with Crippen LogP contribution in [-0.4, -0.2) is 61.0 Å². The van der Waals surface area contributed by atoms with E-state index in [9.17, 15) is 8.42 Å². The number of hydrogen-bond donors (Lipinski definition) is 0. The van der Waals surface area contributed by atoms with Crippen molar-refractivity contribution in [2.24, 2.45) is 0 Å². The molecule has 2 aliphatic rings. The zero-order chi connectivity index (χ0) is 17.4. The Kier molecular flexibility index (Phi) is 4.65. The monoisotopic (exact) mass is 382 g/mol. The van der Waals surface area contributed by atoms with Crippen LogP contribution in [0.15, 0.2) is 20.2 Å². The Morgan fingerprint density at radius 2 is 1.92 bits per heavy atom. The minimum Gasteiger partial charge on any atom is -0.339 e. The number of likely N-dealkylation sites (N-methyl/N-ethyl adjacent to an activating group) is 1. The van der Waals surface area contributed by atoms with Crippen LogP contribution in [0.4, 0.5) is 0 Å². The molecule has 25 heavy (non-hydrogen) atoms. The van der Waals surface area contributed by atoms with Crippen LogP contribution < -0.4 is 0 Å². The van der Waals surface area contributed by atoms with Gasteiger partial charge in [0.15, 0.2) is 0 Å². The van der Waals surface area contributed by atoms with Gasteiger partial charge in [-0.1, -0.05) is 18.0 Å². The topological polar surface area (TPSA) is 79.5 Å². The van der Waals surface area contributed by atoms with Crippen LogP contribution in [0.2, 0.25) is 0 Å². The lowest BCUT2D eigenvalue weighted by Crippen LogP contribution is -2.46. The molecule has 1 aliphatic heterocycles. The fourth-order valence-corrected chi connectivity index (χ4v) is 6.15. The molecule has 2 aromatic rings. The first-order valence-corrected chi connectivity index (χ1v) is 11.0. The normalized spacial score (nSPS) is 21.2. The first-order chi connectivity index (χ1) is 12.0. The summed E-state index contributed by atoms with van der Waals surface area (Å²) in [5.41, 5.74) is 0.714. The predicted molar refractivity (Wildman–Crippen MR) is 95.1 cm³/mol. The summed E-state index contributed by atoms with van der Waals surface area (Å²) in [5.74, 6) is 1.52. The average Bonchev–Trinajstić information content (AvgIpc) is 3.34. The zero-order valence-electron chi connectivity index (χ0n) is 14.2. The van der Waals surface area contributed by atoms with Gasteiger partial charge in [-0.05, 0) is 26.0 Å². The fourth-order valence-electron chi connectivity index (χ4n) is 3.42. The maximum atomic E-state index is 12.8. The van der Waals surface area contributed by atoms with E-state index < -0.39 is 10.0 Å². The Bertz CT molecular complexity index is 831. The van der Waals surface area contributed by atoms with Crippen molar-refractivity contribution in [3.05, 3.63) is 17.3 Å². The molecule has 0 radical (unpaired) electrons. The lowest BCUT2D eigenvalue weighted by atomic mass is 10.1. The molecule has 2 aromatic heterocycles. The third kappa shape index (κ3) is 3.38. The molecule has 0 atom stereocenters. The van der Waals surface area contributed by atoms with Crippen LogP contribution >= 0.6 is 11.3 Å². The van der Waals surface area contributed by atoms with E-state index in [0.29, 0.717) is 40.5 Å². The highest BCUT2D eigenvalue weighted by Gasteiger charge is 2.29. The average molecular weight is 383 g/mol. The van der Waals surface area contributed by atoms with Crippen molar-refractivity contribution in [2.45, 2.75) is 35.8 Å². The van der Waals surface area contributed by atoms with Crippen LogP contribution in [0.3, 0.4) is 0 Å². The molecule has 1 saturated carbocycles. The molecular weight excluding hydrogens is 360 g/mol. The summed E-state index contributed by atoms with van der Waals surface area (Å²) in [6, 6.07) is 1.67.